The Kier molecular flexibility index (Phi) is 3.91. The van der Waals surface area contributed by atoms with E-state index in [0.717, 1.165) is 22.9 Å². The van der Waals surface area contributed by atoms with Gasteiger partial charge in [-0.2, -0.15) is 0 Å². The average molecular weight is 306 g/mol. The number of sulfonamides is 1. The lowest BCUT2D eigenvalue weighted by Crippen LogP contribution is -2.18. The number of aryl methyl sites for hydroxylation is 3. The fraction of sp³-hybridized carbons (Fsp3) is 0.267. The van der Waals surface area contributed by atoms with Crippen molar-refractivity contribution in [2.75, 3.05) is 11.0 Å². The number of anilines is 1. The Morgan fingerprint density at radius 1 is 1.05 bits per heavy atom. The van der Waals surface area contributed by atoms with Gasteiger partial charge in [0.25, 0.3) is 5.56 Å². The maximum Gasteiger partial charge on any atom is 0.253 e. The molecular weight excluding hydrogens is 288 g/mol. The number of pyridine rings is 1. The molecule has 0 spiro atoms. The van der Waals surface area contributed by atoms with Crippen molar-refractivity contribution < 1.29 is 8.42 Å². The zero-order chi connectivity index (χ0) is 15.8. The van der Waals surface area contributed by atoms with Gasteiger partial charge in [-0.05, 0) is 42.7 Å². The molecule has 1 aromatic carbocycles. The van der Waals surface area contributed by atoms with Crippen molar-refractivity contribution in [3.8, 4) is 11.1 Å². The van der Waals surface area contributed by atoms with Crippen molar-refractivity contribution in [3.05, 3.63) is 51.9 Å². The van der Waals surface area contributed by atoms with Gasteiger partial charge < -0.3 is 4.57 Å². The predicted octanol–water partition coefficient (Wildman–Crippen LogP) is 2.04. The second-order valence-corrected chi connectivity index (χ2v) is 6.98. The molecule has 2 rings (SSSR count). The number of aromatic nitrogens is 1. The summed E-state index contributed by atoms with van der Waals surface area (Å²) in [5.74, 6) is 0. The summed E-state index contributed by atoms with van der Waals surface area (Å²) >= 11 is 0. The second-order valence-electron chi connectivity index (χ2n) is 5.23. The highest BCUT2D eigenvalue weighted by Crippen LogP contribution is 2.25. The van der Waals surface area contributed by atoms with Crippen molar-refractivity contribution >= 4 is 15.7 Å². The van der Waals surface area contributed by atoms with Crippen LogP contribution in [0.15, 0.2) is 35.3 Å². The molecule has 0 fully saturated rings. The van der Waals surface area contributed by atoms with Crippen molar-refractivity contribution in [3.63, 3.8) is 0 Å². The van der Waals surface area contributed by atoms with E-state index in [0.29, 0.717) is 11.3 Å². The van der Waals surface area contributed by atoms with E-state index in [1.807, 2.05) is 19.1 Å². The van der Waals surface area contributed by atoms with Gasteiger partial charge in [0.1, 0.15) is 0 Å². The lowest BCUT2D eigenvalue weighted by molar-refractivity contribution is 0.607. The number of hydrogen-bond donors (Lipinski definition) is 1. The highest BCUT2D eigenvalue weighted by atomic mass is 32.2. The summed E-state index contributed by atoms with van der Waals surface area (Å²) in [7, 11) is -1.63. The second kappa shape index (κ2) is 5.37. The molecule has 0 aliphatic heterocycles. The third-order valence-electron chi connectivity index (χ3n) is 3.23. The predicted molar refractivity (Wildman–Crippen MR) is 85.1 cm³/mol. The molecule has 0 atom stereocenters. The minimum Gasteiger partial charge on any atom is -0.318 e. The molecule has 21 heavy (non-hydrogen) atoms. The fourth-order valence-corrected chi connectivity index (χ4v) is 2.77. The van der Waals surface area contributed by atoms with Crippen LogP contribution in [0.2, 0.25) is 0 Å². The van der Waals surface area contributed by atoms with Gasteiger partial charge in [0.15, 0.2) is 0 Å². The van der Waals surface area contributed by atoms with E-state index in [1.54, 1.807) is 32.3 Å². The van der Waals surface area contributed by atoms with Crippen molar-refractivity contribution in [2.24, 2.45) is 7.05 Å². The number of hydrogen-bond acceptors (Lipinski definition) is 3. The zero-order valence-electron chi connectivity index (χ0n) is 12.5. The molecule has 0 saturated heterocycles. The minimum atomic E-state index is -3.33. The van der Waals surface area contributed by atoms with Crippen LogP contribution in [0, 0.1) is 13.8 Å². The van der Waals surface area contributed by atoms with Crippen molar-refractivity contribution in [1.82, 2.24) is 4.57 Å². The average Bonchev–Trinajstić information content (AvgIpc) is 2.36. The van der Waals surface area contributed by atoms with Crippen LogP contribution >= 0.6 is 0 Å². The van der Waals surface area contributed by atoms with Crippen LogP contribution in [0.1, 0.15) is 11.1 Å². The Hall–Kier alpha value is -2.08. The third-order valence-corrected chi connectivity index (χ3v) is 3.82. The summed E-state index contributed by atoms with van der Waals surface area (Å²) in [5, 5.41) is 0. The molecule has 0 aliphatic rings. The molecular formula is C15H18N2O3S. The maximum atomic E-state index is 11.7. The molecule has 1 aromatic heterocycles. The largest absolute Gasteiger partial charge is 0.318 e. The van der Waals surface area contributed by atoms with E-state index in [1.165, 1.54) is 4.57 Å². The Balaban J connectivity index is 2.56. The van der Waals surface area contributed by atoms with Crippen molar-refractivity contribution in [2.45, 2.75) is 13.8 Å². The highest BCUT2D eigenvalue weighted by molar-refractivity contribution is 7.92. The minimum absolute atomic E-state index is 0.0413. The molecule has 0 bridgehead atoms. The van der Waals surface area contributed by atoms with E-state index < -0.39 is 10.0 Å². The SMILES string of the molecule is Cc1ccc(-c2cc(C)c(=O)n(C)c2)cc1NS(C)(=O)=O. The molecule has 2 aromatic rings. The summed E-state index contributed by atoms with van der Waals surface area (Å²) in [5.41, 5.74) is 3.71. The summed E-state index contributed by atoms with van der Waals surface area (Å²) in [4.78, 5) is 11.7. The molecule has 112 valence electrons. The summed E-state index contributed by atoms with van der Waals surface area (Å²) in [6, 6.07) is 7.33. The Morgan fingerprint density at radius 3 is 2.29 bits per heavy atom. The molecule has 1 heterocycles. The highest BCUT2D eigenvalue weighted by Gasteiger charge is 2.08. The Bertz CT molecular complexity index is 825. The van der Waals surface area contributed by atoms with Crippen LogP contribution in [0.4, 0.5) is 5.69 Å². The molecule has 6 heteroatoms. The van der Waals surface area contributed by atoms with Gasteiger partial charge in [0.2, 0.25) is 10.0 Å². The summed E-state index contributed by atoms with van der Waals surface area (Å²) in [6.07, 6.45) is 2.86. The van der Waals surface area contributed by atoms with Gasteiger partial charge in [-0.15, -0.1) is 0 Å². The van der Waals surface area contributed by atoms with Gasteiger partial charge in [0.05, 0.1) is 11.9 Å². The van der Waals surface area contributed by atoms with E-state index in [4.69, 9.17) is 0 Å². The first-order valence-corrected chi connectivity index (χ1v) is 8.32. The first-order chi connectivity index (χ1) is 9.67. The lowest BCUT2D eigenvalue weighted by atomic mass is 10.0. The van der Waals surface area contributed by atoms with Gasteiger partial charge >= 0.3 is 0 Å². The van der Waals surface area contributed by atoms with Gasteiger partial charge in [0, 0.05) is 18.8 Å². The number of benzene rings is 1. The topological polar surface area (TPSA) is 68.2 Å². The van der Waals surface area contributed by atoms with E-state index in [-0.39, 0.29) is 5.56 Å². The Morgan fingerprint density at radius 2 is 1.71 bits per heavy atom. The van der Waals surface area contributed by atoms with Gasteiger partial charge in [-0.1, -0.05) is 12.1 Å². The molecule has 0 saturated carbocycles. The standard InChI is InChI=1S/C15H18N2O3S/c1-10-5-6-12(8-14(10)16-21(4,19)20)13-7-11(2)15(18)17(3)9-13/h5-9,16H,1-4H3. The normalized spacial score (nSPS) is 11.4. The quantitative estimate of drug-likeness (QED) is 0.943. The maximum absolute atomic E-state index is 11.7. The van der Waals surface area contributed by atoms with Crippen LogP contribution in [0.5, 0.6) is 0 Å². The number of nitrogens with one attached hydrogen (secondary N) is 1. The van der Waals surface area contributed by atoms with Crippen molar-refractivity contribution in [1.29, 1.82) is 0 Å². The van der Waals surface area contributed by atoms with Gasteiger partial charge in [-0.3, -0.25) is 9.52 Å². The number of rotatable bonds is 3. The summed E-state index contributed by atoms with van der Waals surface area (Å²) < 4.78 is 26.8. The fourth-order valence-electron chi connectivity index (χ4n) is 2.15. The van der Waals surface area contributed by atoms with Crippen LogP contribution in [-0.2, 0) is 17.1 Å². The van der Waals surface area contributed by atoms with E-state index in [2.05, 4.69) is 4.72 Å². The number of nitrogens with zero attached hydrogens (tertiary/aromatic N) is 1. The molecule has 0 radical (unpaired) electrons. The first-order valence-electron chi connectivity index (χ1n) is 6.43. The van der Waals surface area contributed by atoms with Crippen LogP contribution in [-0.4, -0.2) is 19.2 Å². The first kappa shape index (κ1) is 15.3. The third kappa shape index (κ3) is 3.52. The van der Waals surface area contributed by atoms with Crippen LogP contribution in [0.25, 0.3) is 11.1 Å². The van der Waals surface area contributed by atoms with E-state index in [9.17, 15) is 13.2 Å². The molecule has 0 amide bonds. The Labute approximate surface area is 124 Å². The van der Waals surface area contributed by atoms with Gasteiger partial charge in [-0.25, -0.2) is 8.42 Å². The van der Waals surface area contributed by atoms with Crippen LogP contribution in [0.3, 0.4) is 0 Å². The lowest BCUT2D eigenvalue weighted by Gasteiger charge is -2.11. The summed E-state index contributed by atoms with van der Waals surface area (Å²) in [6.45, 7) is 3.60. The smallest absolute Gasteiger partial charge is 0.253 e. The molecule has 0 aliphatic carbocycles. The van der Waals surface area contributed by atoms with E-state index >= 15 is 0 Å². The molecule has 5 nitrogen and oxygen atoms in total. The molecule has 0 unspecified atom stereocenters. The molecule has 1 N–H and O–H groups in total. The van der Waals surface area contributed by atoms with Crippen LogP contribution < -0.4 is 10.3 Å². The monoisotopic (exact) mass is 306 g/mol. The zero-order valence-corrected chi connectivity index (χ0v) is 13.3.